The van der Waals surface area contributed by atoms with Crippen molar-refractivity contribution in [2.45, 2.75) is 18.9 Å². The zero-order chi connectivity index (χ0) is 6.41. The Morgan fingerprint density at radius 1 is 1.50 bits per heavy atom. The first-order valence-electron chi connectivity index (χ1n) is 2.83. The Hall–Kier alpha value is 0.650. The number of rotatable bonds is 4. The molecule has 0 bridgehead atoms. The normalized spacial score (nSPS) is 13.9. The van der Waals surface area contributed by atoms with Crippen LogP contribution in [0.3, 0.4) is 0 Å². The minimum absolute atomic E-state index is 0.360. The van der Waals surface area contributed by atoms with Gasteiger partial charge >= 0.3 is 0 Å². The molecule has 0 radical (unpaired) electrons. The topological polar surface area (TPSA) is 52.0 Å². The van der Waals surface area contributed by atoms with Gasteiger partial charge in [0, 0.05) is 10.5 Å². The van der Waals surface area contributed by atoms with Gasteiger partial charge in [0.2, 0.25) is 0 Å². The molecule has 1 unspecified atom stereocenters. The van der Waals surface area contributed by atoms with Crippen LogP contribution in [0.4, 0.5) is 0 Å². The predicted octanol–water partition coefficient (Wildman–Crippen LogP) is 0.488. The van der Waals surface area contributed by atoms with Crippen LogP contribution in [-0.2, 0) is 0 Å². The fourth-order valence-corrected chi connectivity index (χ4v) is 0.898. The molecule has 3 heteroatoms. The second-order valence-corrected chi connectivity index (χ2v) is 2.73. The highest BCUT2D eigenvalue weighted by molar-refractivity contribution is 14.1. The van der Waals surface area contributed by atoms with E-state index in [1.54, 1.807) is 0 Å². The molecule has 0 amide bonds. The van der Waals surface area contributed by atoms with Crippen molar-refractivity contribution >= 4 is 22.6 Å². The number of hydrogen-bond acceptors (Lipinski definition) is 2. The molecule has 1 atom stereocenters. The van der Waals surface area contributed by atoms with E-state index >= 15 is 0 Å². The predicted molar refractivity (Wildman–Crippen MR) is 45.2 cm³/mol. The molecule has 0 heterocycles. The zero-order valence-corrected chi connectivity index (χ0v) is 7.10. The Kier molecular flexibility index (Phi) is 6.25. The summed E-state index contributed by atoms with van der Waals surface area (Å²) in [5.41, 5.74) is 10.9. The number of alkyl halides is 1. The summed E-state index contributed by atoms with van der Waals surface area (Å²) < 4.78 is 1.04. The Morgan fingerprint density at radius 2 is 2.12 bits per heavy atom. The third-order valence-corrected chi connectivity index (χ3v) is 2.11. The maximum absolute atomic E-state index is 5.60. The van der Waals surface area contributed by atoms with Crippen LogP contribution in [0.1, 0.15) is 12.8 Å². The van der Waals surface area contributed by atoms with Crippen molar-refractivity contribution in [3.8, 4) is 0 Å². The van der Waals surface area contributed by atoms with E-state index in [4.69, 9.17) is 11.5 Å². The SMILES string of the molecule is NCCCC(N)CI. The van der Waals surface area contributed by atoms with Gasteiger partial charge in [-0.2, -0.15) is 0 Å². The monoisotopic (exact) mass is 228 g/mol. The fourth-order valence-electron chi connectivity index (χ4n) is 0.457. The van der Waals surface area contributed by atoms with Gasteiger partial charge in [-0.05, 0) is 19.4 Å². The summed E-state index contributed by atoms with van der Waals surface area (Å²) in [5.74, 6) is 0. The maximum atomic E-state index is 5.60. The molecule has 0 rings (SSSR count). The average Bonchev–Trinajstić information content (AvgIpc) is 1.83. The lowest BCUT2D eigenvalue weighted by atomic mass is 10.2. The van der Waals surface area contributed by atoms with Crippen LogP contribution in [0.2, 0.25) is 0 Å². The van der Waals surface area contributed by atoms with Crippen molar-refractivity contribution in [1.29, 1.82) is 0 Å². The molecule has 0 saturated heterocycles. The summed E-state index contributed by atoms with van der Waals surface area (Å²) >= 11 is 2.29. The Balaban J connectivity index is 2.86. The van der Waals surface area contributed by atoms with Gasteiger partial charge in [-0.3, -0.25) is 0 Å². The van der Waals surface area contributed by atoms with Gasteiger partial charge in [-0.1, -0.05) is 22.6 Å². The van der Waals surface area contributed by atoms with Gasteiger partial charge in [0.05, 0.1) is 0 Å². The summed E-state index contributed by atoms with van der Waals surface area (Å²) in [6.45, 7) is 0.768. The molecule has 8 heavy (non-hydrogen) atoms. The van der Waals surface area contributed by atoms with E-state index in [9.17, 15) is 0 Å². The summed E-state index contributed by atoms with van der Waals surface area (Å²) in [4.78, 5) is 0. The quantitative estimate of drug-likeness (QED) is 0.543. The van der Waals surface area contributed by atoms with Gasteiger partial charge in [0.15, 0.2) is 0 Å². The molecular weight excluding hydrogens is 215 g/mol. The van der Waals surface area contributed by atoms with Gasteiger partial charge in [0.25, 0.3) is 0 Å². The molecule has 0 saturated carbocycles. The van der Waals surface area contributed by atoms with E-state index in [1.807, 2.05) is 0 Å². The van der Waals surface area contributed by atoms with Gasteiger partial charge in [-0.15, -0.1) is 0 Å². The first kappa shape index (κ1) is 8.65. The van der Waals surface area contributed by atoms with Crippen LogP contribution < -0.4 is 11.5 Å². The van der Waals surface area contributed by atoms with Gasteiger partial charge in [0.1, 0.15) is 0 Å². The summed E-state index contributed by atoms with van der Waals surface area (Å²) in [5, 5.41) is 0. The van der Waals surface area contributed by atoms with Crippen molar-refractivity contribution in [3.05, 3.63) is 0 Å². The van der Waals surface area contributed by atoms with Gasteiger partial charge in [-0.25, -0.2) is 0 Å². The molecule has 0 aromatic rings. The van der Waals surface area contributed by atoms with E-state index < -0.39 is 0 Å². The van der Waals surface area contributed by atoms with E-state index in [0.717, 1.165) is 23.8 Å². The smallest absolute Gasteiger partial charge is 0.0147 e. The molecule has 0 spiro atoms. The highest BCUT2D eigenvalue weighted by Gasteiger charge is 1.96. The second-order valence-electron chi connectivity index (χ2n) is 1.85. The van der Waals surface area contributed by atoms with E-state index in [1.165, 1.54) is 0 Å². The Bertz CT molecular complexity index is 49.7. The number of nitrogens with two attached hydrogens (primary N) is 2. The molecule has 4 N–H and O–H groups in total. The van der Waals surface area contributed by atoms with Crippen molar-refractivity contribution in [2.24, 2.45) is 11.5 Å². The molecule has 0 fully saturated rings. The third-order valence-electron chi connectivity index (χ3n) is 0.977. The molecule has 0 aromatic heterocycles. The van der Waals surface area contributed by atoms with Crippen molar-refractivity contribution in [1.82, 2.24) is 0 Å². The maximum Gasteiger partial charge on any atom is 0.0147 e. The molecule has 2 nitrogen and oxygen atoms in total. The van der Waals surface area contributed by atoms with Crippen LogP contribution in [-0.4, -0.2) is 17.0 Å². The minimum Gasteiger partial charge on any atom is -0.330 e. The fraction of sp³-hybridized carbons (Fsp3) is 1.00. The zero-order valence-electron chi connectivity index (χ0n) is 4.94. The summed E-state index contributed by atoms with van der Waals surface area (Å²) in [7, 11) is 0. The number of halogens is 1. The van der Waals surface area contributed by atoms with Crippen LogP contribution in [0.25, 0.3) is 0 Å². The van der Waals surface area contributed by atoms with Crippen LogP contribution in [0.5, 0.6) is 0 Å². The first-order valence-corrected chi connectivity index (χ1v) is 4.35. The summed E-state index contributed by atoms with van der Waals surface area (Å²) in [6, 6.07) is 0.360. The largest absolute Gasteiger partial charge is 0.330 e. The standard InChI is InChI=1S/C5H13IN2/c6-4-5(8)2-1-3-7/h5H,1-4,7-8H2. The Morgan fingerprint density at radius 3 is 2.50 bits per heavy atom. The van der Waals surface area contributed by atoms with Crippen LogP contribution >= 0.6 is 22.6 Å². The van der Waals surface area contributed by atoms with Crippen molar-refractivity contribution in [3.63, 3.8) is 0 Å². The molecule has 0 aliphatic rings. The Labute approximate surface area is 64.1 Å². The molecular formula is C5H13IN2. The van der Waals surface area contributed by atoms with E-state index in [0.29, 0.717) is 6.04 Å². The first-order chi connectivity index (χ1) is 3.81. The van der Waals surface area contributed by atoms with E-state index in [2.05, 4.69) is 22.6 Å². The molecule has 0 aliphatic carbocycles. The lowest BCUT2D eigenvalue weighted by Crippen LogP contribution is -2.22. The average molecular weight is 228 g/mol. The summed E-state index contributed by atoms with van der Waals surface area (Å²) in [6.07, 6.45) is 2.13. The van der Waals surface area contributed by atoms with E-state index in [-0.39, 0.29) is 0 Å². The van der Waals surface area contributed by atoms with Crippen LogP contribution in [0.15, 0.2) is 0 Å². The third kappa shape index (κ3) is 4.80. The second kappa shape index (κ2) is 5.78. The molecule has 0 aliphatic heterocycles. The molecule has 0 aromatic carbocycles. The van der Waals surface area contributed by atoms with Crippen molar-refractivity contribution in [2.75, 3.05) is 11.0 Å². The van der Waals surface area contributed by atoms with Crippen molar-refractivity contribution < 1.29 is 0 Å². The minimum atomic E-state index is 0.360. The molecule has 50 valence electrons. The highest BCUT2D eigenvalue weighted by atomic mass is 127. The van der Waals surface area contributed by atoms with Crippen LogP contribution in [0, 0.1) is 0 Å². The number of hydrogen-bond donors (Lipinski definition) is 2. The lowest BCUT2D eigenvalue weighted by molar-refractivity contribution is 0.643. The lowest BCUT2D eigenvalue weighted by Gasteiger charge is -2.03. The highest BCUT2D eigenvalue weighted by Crippen LogP contribution is 1.95. The van der Waals surface area contributed by atoms with Gasteiger partial charge < -0.3 is 11.5 Å².